The van der Waals surface area contributed by atoms with Crippen molar-refractivity contribution in [1.29, 1.82) is 0 Å². The molecule has 0 spiro atoms. The smallest absolute Gasteiger partial charge is 0.116 e. The Labute approximate surface area is 252 Å². The average Bonchev–Trinajstić information content (AvgIpc) is 3.77. The van der Waals surface area contributed by atoms with Crippen molar-refractivity contribution in [1.82, 2.24) is 9.80 Å². The van der Waals surface area contributed by atoms with Crippen molar-refractivity contribution >= 4 is 61.6 Å². The van der Waals surface area contributed by atoms with Gasteiger partial charge in [0.2, 0.25) is 0 Å². The molecule has 0 saturated heterocycles. The third-order valence-electron chi connectivity index (χ3n) is 7.04. The maximum Gasteiger partial charge on any atom is 0.116 e. The Bertz CT molecular complexity index is 1910. The maximum atomic E-state index is 6.01. The van der Waals surface area contributed by atoms with E-state index >= 15 is 0 Å². The summed E-state index contributed by atoms with van der Waals surface area (Å²) in [6.07, 6.45) is 5.81. The molecule has 7 nitrogen and oxygen atoms in total. The number of fused-ring (bicyclic) bond motifs is 6. The number of anilines is 2. The molecule has 4 aromatic carbocycles. The predicted octanol–water partition coefficient (Wildman–Crippen LogP) is 7.71. The van der Waals surface area contributed by atoms with Crippen LogP contribution in [0.25, 0.3) is 43.9 Å². The van der Waals surface area contributed by atoms with Crippen LogP contribution in [0.3, 0.4) is 0 Å². The van der Waals surface area contributed by atoms with E-state index in [0.717, 1.165) is 55.3 Å². The maximum absolute atomic E-state index is 6.01. The molecule has 2 aromatic heterocycles. The van der Waals surface area contributed by atoms with Crippen LogP contribution >= 0.6 is 0 Å². The number of nitrogens with zero attached hydrogens (tertiary/aromatic N) is 5. The molecule has 2 aliphatic rings. The minimum absolute atomic E-state index is 0. The van der Waals surface area contributed by atoms with Crippen LogP contribution in [0.5, 0.6) is 0 Å². The van der Waals surface area contributed by atoms with E-state index in [2.05, 4.69) is 48.1 Å². The van der Waals surface area contributed by atoms with Gasteiger partial charge < -0.3 is 28.5 Å². The molecule has 2 aliphatic heterocycles. The average molecular weight is 718 g/mol. The Morgan fingerprint density at radius 3 is 1.88 bits per heavy atom. The number of hydrogen-bond donors (Lipinski definition) is 0. The Morgan fingerprint density at radius 1 is 0.732 bits per heavy atom. The molecule has 209 valence electrons. The summed E-state index contributed by atoms with van der Waals surface area (Å²) in [7, 11) is 2.00. The molecule has 0 N–H and O–H groups in total. The Hall–Kier alpha value is -4.26. The molecule has 0 bridgehead atoms. The van der Waals surface area contributed by atoms with Gasteiger partial charge in [-0.15, -0.1) is 6.67 Å². The molecule has 0 saturated carbocycles. The third-order valence-corrected chi connectivity index (χ3v) is 7.04. The van der Waals surface area contributed by atoms with Gasteiger partial charge in [-0.05, 0) is 57.2 Å². The zero-order chi connectivity index (χ0) is 27.2. The molecule has 0 atom stereocenters. The topological polar surface area (TPSA) is 51.6 Å². The summed E-state index contributed by atoms with van der Waals surface area (Å²) in [6.45, 7) is 8.20. The fraction of sp³-hybridized carbons (Fsp3) is 0.121. The summed E-state index contributed by atoms with van der Waals surface area (Å²) in [4.78, 5) is 6.06. The van der Waals surface area contributed by atoms with E-state index in [9.17, 15) is 0 Å². The first-order valence-electron chi connectivity index (χ1n) is 13.2. The molecule has 0 fully saturated rings. The van der Waals surface area contributed by atoms with E-state index in [-0.39, 0.29) is 20.1 Å². The van der Waals surface area contributed by atoms with Crippen molar-refractivity contribution < 1.29 is 28.9 Å². The molecule has 6 aromatic rings. The van der Waals surface area contributed by atoms with Crippen LogP contribution in [0.4, 0.5) is 11.4 Å². The van der Waals surface area contributed by atoms with Crippen LogP contribution in [0.2, 0.25) is 0 Å². The van der Waals surface area contributed by atoms with Crippen molar-refractivity contribution in [2.75, 3.05) is 17.0 Å². The van der Waals surface area contributed by atoms with Gasteiger partial charge in [0.1, 0.15) is 11.2 Å². The van der Waals surface area contributed by atoms with E-state index in [1.165, 1.54) is 0 Å². The number of benzene rings is 4. The Morgan fingerprint density at radius 2 is 1.32 bits per heavy atom. The summed E-state index contributed by atoms with van der Waals surface area (Å²) in [6, 6.07) is 31.0. The third kappa shape index (κ3) is 4.83. The van der Waals surface area contributed by atoms with Crippen molar-refractivity contribution in [3.63, 3.8) is 0 Å². The quantitative estimate of drug-likeness (QED) is 0.175. The zero-order valence-corrected chi connectivity index (χ0v) is 25.2. The Kier molecular flexibility index (Phi) is 7.20. The van der Waals surface area contributed by atoms with Crippen molar-refractivity contribution in [3.05, 3.63) is 111 Å². The van der Waals surface area contributed by atoms with Gasteiger partial charge in [-0.25, -0.2) is 0 Å². The number of hydrogen-bond acceptors (Lipinski definition) is 7. The molecule has 0 aliphatic carbocycles. The van der Waals surface area contributed by atoms with E-state index < -0.39 is 0 Å². The predicted molar refractivity (Wildman–Crippen MR) is 161 cm³/mol. The van der Waals surface area contributed by atoms with Crippen molar-refractivity contribution in [2.24, 2.45) is 5.10 Å². The first-order valence-corrected chi connectivity index (χ1v) is 13.2. The molecule has 41 heavy (non-hydrogen) atoms. The fourth-order valence-electron chi connectivity index (χ4n) is 4.98. The van der Waals surface area contributed by atoms with Crippen molar-refractivity contribution in [3.8, 4) is 0 Å². The van der Waals surface area contributed by atoms with Crippen LogP contribution in [-0.2, 0) is 20.1 Å². The number of para-hydroxylation sites is 2. The van der Waals surface area contributed by atoms with Crippen LogP contribution in [-0.4, -0.2) is 29.2 Å². The SMILES string of the molecule is CC(C)N1C=NN(c2[c-]ccc3c2oc2ccccc23)[CH-]1.CN1C=CN(c2[c-]ccc3c2oc2ccccc23)[CH-]1.[Ir]. The summed E-state index contributed by atoms with van der Waals surface area (Å²) in [5, 5.41) is 10.7. The van der Waals surface area contributed by atoms with E-state index in [4.69, 9.17) is 8.83 Å². The molecule has 0 unspecified atom stereocenters. The summed E-state index contributed by atoms with van der Waals surface area (Å²) in [5.74, 6) is 0. The number of rotatable bonds is 3. The second kappa shape index (κ2) is 11.0. The van der Waals surface area contributed by atoms with E-state index in [1.807, 2.05) is 115 Å². The minimum atomic E-state index is 0. The van der Waals surface area contributed by atoms with Crippen LogP contribution in [0.15, 0.2) is 99.1 Å². The fourth-order valence-corrected chi connectivity index (χ4v) is 4.98. The molecule has 4 heterocycles. The van der Waals surface area contributed by atoms with E-state index in [1.54, 1.807) is 0 Å². The molecule has 0 amide bonds. The Balaban J connectivity index is 0.000000145. The minimum Gasteiger partial charge on any atom is -0.514 e. The summed E-state index contributed by atoms with van der Waals surface area (Å²) in [5.41, 5.74) is 5.27. The van der Waals surface area contributed by atoms with Gasteiger partial charge >= 0.3 is 0 Å². The second-order valence-corrected chi connectivity index (χ2v) is 10.1. The van der Waals surface area contributed by atoms with Crippen LogP contribution in [0, 0.1) is 25.5 Å². The van der Waals surface area contributed by atoms with Gasteiger partial charge in [0.25, 0.3) is 0 Å². The van der Waals surface area contributed by atoms with Crippen molar-refractivity contribution in [2.45, 2.75) is 19.9 Å². The standard InChI is InChI=1S/C17H15N3O.C16H12N2O.Ir/c1-12(2)19-10-18-20(11-19)15-8-5-7-14-13-6-3-4-9-16(13)21-17(14)15;1-17-9-10-18(11-17)14-7-4-6-13-12-5-2-3-8-15(12)19-16(13)14;/h3-7,9-12H,1-2H3;2-6,8-11H,1H3;/q2*-2;. The van der Waals surface area contributed by atoms with Gasteiger partial charge in [-0.1, -0.05) is 52.9 Å². The van der Waals surface area contributed by atoms with Gasteiger partial charge in [0, 0.05) is 42.0 Å². The first-order chi connectivity index (χ1) is 19.6. The molecular weight excluding hydrogens is 691 g/mol. The zero-order valence-electron chi connectivity index (χ0n) is 22.8. The normalized spacial score (nSPS) is 14.6. The number of hydrazone groups is 1. The largest absolute Gasteiger partial charge is 0.514 e. The first kappa shape index (κ1) is 26.9. The molecular formula is C33H27IrN5O2-4. The molecule has 8 rings (SSSR count). The van der Waals surface area contributed by atoms with Crippen LogP contribution < -0.4 is 9.91 Å². The van der Waals surface area contributed by atoms with Crippen LogP contribution in [0.1, 0.15) is 13.8 Å². The van der Waals surface area contributed by atoms with Gasteiger partial charge in [-0.2, -0.15) is 48.2 Å². The van der Waals surface area contributed by atoms with E-state index in [0.29, 0.717) is 6.04 Å². The monoisotopic (exact) mass is 718 g/mol. The molecule has 1 radical (unpaired) electrons. The second-order valence-electron chi connectivity index (χ2n) is 10.1. The van der Waals surface area contributed by atoms with Gasteiger partial charge in [-0.3, -0.25) is 0 Å². The number of furan rings is 2. The summed E-state index contributed by atoms with van der Waals surface area (Å²) < 4.78 is 12.0. The molecule has 8 heteroatoms. The van der Waals surface area contributed by atoms with Gasteiger partial charge in [0.05, 0.1) is 6.34 Å². The summed E-state index contributed by atoms with van der Waals surface area (Å²) >= 11 is 0. The van der Waals surface area contributed by atoms with Gasteiger partial charge in [0.15, 0.2) is 0 Å².